The summed E-state index contributed by atoms with van der Waals surface area (Å²) in [6.45, 7) is 19.5. The van der Waals surface area contributed by atoms with Gasteiger partial charge in [0, 0.05) is 33.3 Å². The van der Waals surface area contributed by atoms with Gasteiger partial charge in [0.05, 0.1) is 34.6 Å². The van der Waals surface area contributed by atoms with Crippen LogP contribution in [0.15, 0.2) is 234 Å². The third kappa shape index (κ3) is 9.85. The van der Waals surface area contributed by atoms with Crippen LogP contribution in [-0.2, 0) is 11.8 Å². The molecule has 0 radical (unpaired) electrons. The van der Waals surface area contributed by atoms with Gasteiger partial charge in [-0.15, -0.1) is 0 Å². The lowest BCUT2D eigenvalue weighted by molar-refractivity contribution is 0.741. The van der Waals surface area contributed by atoms with E-state index in [2.05, 4.69) is 219 Å². The molecule has 0 saturated carbocycles. The molecule has 1 aliphatic heterocycles. The predicted molar refractivity (Wildman–Crippen MR) is 327 cm³/mol. The summed E-state index contributed by atoms with van der Waals surface area (Å²) in [4.78, 5) is 9.57. The minimum Gasteiger partial charge on any atom is -0.317 e. The minimum atomic E-state index is -0.557. The summed E-state index contributed by atoms with van der Waals surface area (Å²) in [6, 6.07) is 56.0. The largest absolute Gasteiger partial charge is 0.317 e. The quantitative estimate of drug-likeness (QED) is 0.128. The van der Waals surface area contributed by atoms with E-state index in [1.165, 1.54) is 82.6 Å². The molecule has 5 nitrogen and oxygen atoms in total. The second kappa shape index (κ2) is 23.6. The van der Waals surface area contributed by atoms with Crippen molar-refractivity contribution in [2.45, 2.75) is 65.2 Å². The van der Waals surface area contributed by atoms with Crippen LogP contribution in [0.5, 0.6) is 0 Å². The van der Waals surface area contributed by atoms with Crippen LogP contribution >= 0.6 is 0 Å². The van der Waals surface area contributed by atoms with Gasteiger partial charge >= 0.3 is 0 Å². The van der Waals surface area contributed by atoms with Crippen molar-refractivity contribution in [2.75, 3.05) is 6.54 Å². The Morgan fingerprint density at radius 3 is 2.21 bits per heavy atom. The first kappa shape index (κ1) is 52.1. The van der Waals surface area contributed by atoms with Crippen molar-refractivity contribution in [2.24, 2.45) is 9.98 Å². The first-order valence-electron chi connectivity index (χ1n) is 26.6. The Bertz CT molecular complexity index is 3850. The van der Waals surface area contributed by atoms with Gasteiger partial charge in [-0.05, 0) is 144 Å². The highest BCUT2D eigenvalue weighted by Crippen LogP contribution is 2.61. The van der Waals surface area contributed by atoms with E-state index in [0.29, 0.717) is 12.3 Å². The third-order valence-electron chi connectivity index (χ3n) is 14.8. The summed E-state index contributed by atoms with van der Waals surface area (Å²) in [6.07, 6.45) is 25.3. The molecule has 0 fully saturated rings. The van der Waals surface area contributed by atoms with Crippen LogP contribution in [0.4, 0.5) is 0 Å². The van der Waals surface area contributed by atoms with Crippen LogP contribution in [0.3, 0.4) is 0 Å². The number of rotatable bonds is 10. The Hall–Kier alpha value is -8.80. The van der Waals surface area contributed by atoms with Crippen molar-refractivity contribution >= 4 is 64.3 Å². The van der Waals surface area contributed by atoms with Gasteiger partial charge in [-0.3, -0.25) is 15.4 Å². The lowest BCUT2D eigenvalue weighted by atomic mass is 9.65. The predicted octanol–water partition coefficient (Wildman–Crippen LogP) is 15.9. The average Bonchev–Trinajstić information content (AvgIpc) is 3.95. The maximum Gasteiger partial charge on any atom is 0.0755 e. The Morgan fingerprint density at radius 2 is 1.42 bits per heavy atom. The van der Waals surface area contributed by atoms with Gasteiger partial charge in [0.2, 0.25) is 0 Å². The van der Waals surface area contributed by atoms with Gasteiger partial charge in [-0.25, -0.2) is 0 Å². The Labute approximate surface area is 449 Å². The van der Waals surface area contributed by atoms with Crippen LogP contribution in [0.2, 0.25) is 0 Å². The maximum absolute atomic E-state index is 8.43. The van der Waals surface area contributed by atoms with Crippen LogP contribution < -0.4 is 10.6 Å². The molecule has 1 spiro atoms. The van der Waals surface area contributed by atoms with E-state index in [0.717, 1.165) is 65.5 Å². The molecule has 2 heterocycles. The van der Waals surface area contributed by atoms with Crippen LogP contribution in [0.1, 0.15) is 89.6 Å². The summed E-state index contributed by atoms with van der Waals surface area (Å²) in [7, 11) is 0. The minimum absolute atomic E-state index is 0.522. The number of allylic oxidation sites excluding steroid dienone is 8. The number of nitrogens with one attached hydrogen (secondary N) is 2. The molecule has 76 heavy (non-hydrogen) atoms. The normalized spacial score (nSPS) is 16.7. The molecule has 1 unspecified atom stereocenters. The van der Waals surface area contributed by atoms with Crippen molar-refractivity contribution in [1.82, 2.24) is 4.57 Å². The SMILES string of the molecule is C=C(Cc1ccccc1C)C(=N)c1ccc2ccccc2c1.C=N.C=N\C=C1/C(=C\C=C\C(=NCC2=CCCC=C2)c2ccccc2)C2(c3ccc(C)cc31)c1ccccc1-n1c3c(c4cccc2c41)=CCCC=3.CC. The monoisotopic (exact) mass is 990 g/mol. The lowest BCUT2D eigenvalue weighted by Crippen LogP contribution is -2.37. The number of hydrogen-bond donors (Lipinski definition) is 2. The number of hydrogen-bond acceptors (Lipinski definition) is 4. The summed E-state index contributed by atoms with van der Waals surface area (Å²) in [5, 5.41) is 20.3. The zero-order valence-electron chi connectivity index (χ0n) is 44.4. The van der Waals surface area contributed by atoms with Crippen molar-refractivity contribution in [1.29, 1.82) is 10.8 Å². The molecule has 1 atom stereocenters. The fourth-order valence-electron chi connectivity index (χ4n) is 11.4. The van der Waals surface area contributed by atoms with E-state index in [1.807, 2.05) is 50.4 Å². The molecule has 12 rings (SSSR count). The molecular weight excluding hydrogens is 923 g/mol. The van der Waals surface area contributed by atoms with Gasteiger partial charge in [-0.2, -0.15) is 0 Å². The molecular formula is C71H67N5. The average molecular weight is 990 g/mol. The Kier molecular flexibility index (Phi) is 16.2. The van der Waals surface area contributed by atoms with Gasteiger partial charge in [-0.1, -0.05) is 214 Å². The highest BCUT2D eigenvalue weighted by molar-refractivity contribution is 6.12. The molecule has 5 heteroatoms. The van der Waals surface area contributed by atoms with E-state index in [9.17, 15) is 0 Å². The summed E-state index contributed by atoms with van der Waals surface area (Å²) in [5.41, 5.74) is 18.7. The molecule has 2 N–H and O–H groups in total. The van der Waals surface area contributed by atoms with Crippen LogP contribution in [-0.4, -0.2) is 36.0 Å². The Morgan fingerprint density at radius 1 is 0.697 bits per heavy atom. The van der Waals surface area contributed by atoms with E-state index in [-0.39, 0.29) is 0 Å². The molecule has 8 aromatic rings. The topological polar surface area (TPSA) is 77.3 Å². The molecule has 0 saturated heterocycles. The highest BCUT2D eigenvalue weighted by Gasteiger charge is 2.52. The van der Waals surface area contributed by atoms with E-state index >= 15 is 0 Å². The van der Waals surface area contributed by atoms with Gasteiger partial charge < -0.3 is 9.98 Å². The molecule has 376 valence electrons. The summed E-state index contributed by atoms with van der Waals surface area (Å²) < 4.78 is 2.53. The van der Waals surface area contributed by atoms with E-state index in [1.54, 1.807) is 0 Å². The zero-order valence-corrected chi connectivity index (χ0v) is 44.4. The van der Waals surface area contributed by atoms with Crippen molar-refractivity contribution in [3.63, 3.8) is 0 Å². The number of aryl methyl sites for hydroxylation is 2. The van der Waals surface area contributed by atoms with Crippen molar-refractivity contribution in [3.8, 4) is 5.69 Å². The van der Waals surface area contributed by atoms with Crippen molar-refractivity contribution in [3.05, 3.63) is 284 Å². The smallest absolute Gasteiger partial charge is 0.0755 e. The fraction of sp³-hybridized carbons (Fsp3) is 0.155. The molecule has 4 aliphatic rings. The first-order chi connectivity index (χ1) is 37.3. The van der Waals surface area contributed by atoms with E-state index in [4.69, 9.17) is 15.8 Å². The maximum atomic E-state index is 8.43. The summed E-state index contributed by atoms with van der Waals surface area (Å²) in [5.74, 6) is 0. The number of benzene rings is 7. The van der Waals surface area contributed by atoms with Gasteiger partial charge in [0.1, 0.15) is 0 Å². The van der Waals surface area contributed by atoms with Gasteiger partial charge in [0.25, 0.3) is 0 Å². The first-order valence-corrected chi connectivity index (χ1v) is 26.6. The molecule has 0 bridgehead atoms. The second-order valence-electron chi connectivity index (χ2n) is 19.3. The fourth-order valence-corrected chi connectivity index (χ4v) is 11.4. The van der Waals surface area contributed by atoms with Gasteiger partial charge in [0.15, 0.2) is 0 Å². The van der Waals surface area contributed by atoms with Crippen molar-refractivity contribution < 1.29 is 0 Å². The number of fused-ring (bicyclic) bond motifs is 10. The molecule has 3 aliphatic carbocycles. The number of nitrogens with zero attached hydrogens (tertiary/aromatic N) is 3. The lowest BCUT2D eigenvalue weighted by Gasteiger charge is -2.39. The molecule has 7 aromatic carbocycles. The molecule has 0 amide bonds. The zero-order chi connectivity index (χ0) is 53.2. The third-order valence-corrected chi connectivity index (χ3v) is 14.8. The second-order valence-corrected chi connectivity index (χ2v) is 19.3. The standard InChI is InChI=1S/C47H39N3.C21H19N.C2H6.CH3N/c1-32-27-28-40-37(29-32)38(31-48-2)39(22-14-24-43(34-17-7-4-8-18-34)49-30-33-15-5-3-6-16-33)47(40)41-21-10-12-26-45(41)50-44-25-11-9-19-35(44)36-20-13-23-42(47)46(36)50;1-15-7-3-4-9-18(15)13-16(2)21(22)20-12-11-17-8-5-6-10-19(17)14-20;2*1-2/h4-5,7-8,10,12-29,31H,2-3,6,9,11,30H2,1H3;3-12,14,22H,2,13H2,1H3;1-2H3;2H,1H2/b24-14+,38-31-,39-22+,49-43?;;;. The molecule has 1 aromatic heterocycles. The number of para-hydroxylation sites is 2. The number of aromatic nitrogens is 1. The number of aliphatic imine (C=N–C) groups is 2. The van der Waals surface area contributed by atoms with Crippen LogP contribution in [0.25, 0.3) is 45.1 Å². The van der Waals surface area contributed by atoms with Crippen LogP contribution in [0, 0.1) is 24.7 Å². The van der Waals surface area contributed by atoms with E-state index < -0.39 is 5.41 Å². The summed E-state index contributed by atoms with van der Waals surface area (Å²) >= 11 is 0. The Balaban J connectivity index is 0.000000227. The highest BCUT2D eigenvalue weighted by atomic mass is 15.0.